The lowest BCUT2D eigenvalue weighted by atomic mass is 10.4. The van der Waals surface area contributed by atoms with E-state index in [1.54, 1.807) is 0 Å². The largest absolute Gasteiger partial charge is 0.394 e. The number of amides is 2. The summed E-state index contributed by atoms with van der Waals surface area (Å²) in [5.41, 5.74) is 10.9. The van der Waals surface area contributed by atoms with E-state index in [4.69, 9.17) is 25.9 Å². The fourth-order valence-corrected chi connectivity index (χ4v) is 1.41. The van der Waals surface area contributed by atoms with E-state index in [0.717, 1.165) is 0 Å². The molecule has 2 aromatic rings. The van der Waals surface area contributed by atoms with Crippen molar-refractivity contribution in [3.63, 3.8) is 0 Å². The van der Waals surface area contributed by atoms with Crippen molar-refractivity contribution in [2.24, 2.45) is 5.73 Å². The van der Waals surface area contributed by atoms with Gasteiger partial charge >= 0.3 is 6.03 Å². The van der Waals surface area contributed by atoms with Crippen LogP contribution in [0, 0.1) is 0 Å². The number of carbonyl (C=O) groups excluding carboxylic acids is 1. The number of aromatic amines is 1. The van der Waals surface area contributed by atoms with Gasteiger partial charge in [-0.2, -0.15) is 4.98 Å². The summed E-state index contributed by atoms with van der Waals surface area (Å²) in [5.74, 6) is -0.0184. The molecule has 2 rings (SSSR count). The molecule has 0 aliphatic heterocycles. The zero-order valence-corrected chi connectivity index (χ0v) is 11.8. The highest BCUT2D eigenvalue weighted by molar-refractivity contribution is 5.70. The lowest BCUT2D eigenvalue weighted by Crippen LogP contribution is -2.25. The van der Waals surface area contributed by atoms with E-state index in [9.17, 15) is 9.59 Å². The molecule has 0 saturated carbocycles. The molecule has 9 N–H and O–H groups in total. The van der Waals surface area contributed by atoms with Crippen LogP contribution in [0.4, 0.5) is 10.7 Å². The third kappa shape index (κ3) is 5.19. The van der Waals surface area contributed by atoms with Crippen LogP contribution in [-0.4, -0.2) is 60.3 Å². The Morgan fingerprint density at radius 2 is 2.09 bits per heavy atom. The number of carbonyl (C=O) groups is 1. The van der Waals surface area contributed by atoms with Crippen LogP contribution in [0.15, 0.2) is 11.1 Å². The molecule has 0 aliphatic carbocycles. The second-order valence-electron chi connectivity index (χ2n) is 4.10. The monoisotopic (exact) mass is 331 g/mol. The summed E-state index contributed by atoms with van der Waals surface area (Å²) < 4.78 is 6.66. The highest BCUT2D eigenvalue weighted by Gasteiger charge is 2.11. The number of nitrogen functional groups attached to an aromatic ring is 1. The Hall–Kier alpha value is -2.74. The Morgan fingerprint density at radius 1 is 1.48 bits per heavy atom. The minimum Gasteiger partial charge on any atom is -0.394 e. The van der Waals surface area contributed by atoms with Crippen molar-refractivity contribution in [2.45, 2.75) is 12.8 Å². The molecule has 0 unspecified atom stereocenters. The molecule has 2 aromatic heterocycles. The lowest BCUT2D eigenvalue weighted by molar-refractivity contribution is -0.0488. The van der Waals surface area contributed by atoms with Crippen molar-refractivity contribution < 1.29 is 25.0 Å². The van der Waals surface area contributed by atoms with Gasteiger partial charge in [-0.1, -0.05) is 0 Å². The predicted octanol–water partition coefficient (Wildman–Crippen LogP) is -2.93. The molecule has 13 nitrogen and oxygen atoms in total. The molecule has 0 saturated heterocycles. The lowest BCUT2D eigenvalue weighted by Gasteiger charge is -2.12. The van der Waals surface area contributed by atoms with Gasteiger partial charge in [-0.3, -0.25) is 19.6 Å². The average molecular weight is 331 g/mol. The Labute approximate surface area is 128 Å². The molecular formula is C10H17N7O6. The number of H-pyrrole nitrogens is 1. The molecule has 23 heavy (non-hydrogen) atoms. The zero-order chi connectivity index (χ0) is 17.4. The number of imidazole rings is 1. The number of nitrogens with one attached hydrogen (secondary N) is 2. The molecule has 2 amide bonds. The molecule has 0 spiro atoms. The molecule has 13 heteroatoms. The van der Waals surface area contributed by atoms with Gasteiger partial charge in [-0.05, 0) is 0 Å². The number of hydrogen-bond donors (Lipinski definition) is 7. The second kappa shape index (κ2) is 8.64. The van der Waals surface area contributed by atoms with Gasteiger partial charge in [-0.25, -0.2) is 15.3 Å². The molecule has 0 aliphatic rings. The number of hydroxylamine groups is 1. The average Bonchev–Trinajstić information content (AvgIpc) is 2.92. The van der Waals surface area contributed by atoms with Crippen molar-refractivity contribution in [3.8, 4) is 0 Å². The van der Waals surface area contributed by atoms with Crippen molar-refractivity contribution in [2.75, 3.05) is 18.9 Å². The van der Waals surface area contributed by atoms with Gasteiger partial charge in [0.1, 0.15) is 12.8 Å². The summed E-state index contributed by atoms with van der Waals surface area (Å²) in [6, 6.07) is -0.940. The van der Waals surface area contributed by atoms with Crippen molar-refractivity contribution in [1.29, 1.82) is 0 Å². The smallest absolute Gasteiger partial charge is 0.335 e. The summed E-state index contributed by atoms with van der Waals surface area (Å²) in [6.07, 6.45) is 0.680. The molecule has 0 bridgehead atoms. The fourth-order valence-electron chi connectivity index (χ4n) is 1.41. The maximum Gasteiger partial charge on any atom is 0.335 e. The van der Waals surface area contributed by atoms with E-state index in [0.29, 0.717) is 0 Å². The first-order chi connectivity index (χ1) is 10.9. The van der Waals surface area contributed by atoms with Crippen LogP contribution in [0.25, 0.3) is 11.2 Å². The molecule has 128 valence electrons. The van der Waals surface area contributed by atoms with Crippen LogP contribution >= 0.6 is 0 Å². The molecular weight excluding hydrogens is 314 g/mol. The Morgan fingerprint density at radius 3 is 2.61 bits per heavy atom. The SMILES string of the molecule is NC(=O)NO.Nc1nc2c(ncn2COC(CO)CO)c(=O)[nH]1. The van der Waals surface area contributed by atoms with Crippen LogP contribution in [0.5, 0.6) is 0 Å². The highest BCUT2D eigenvalue weighted by Crippen LogP contribution is 2.07. The van der Waals surface area contributed by atoms with E-state index in [1.165, 1.54) is 16.4 Å². The van der Waals surface area contributed by atoms with Crippen LogP contribution < -0.4 is 22.5 Å². The summed E-state index contributed by atoms with van der Waals surface area (Å²) in [4.78, 5) is 30.9. The van der Waals surface area contributed by atoms with Gasteiger partial charge in [0.05, 0.1) is 19.5 Å². The van der Waals surface area contributed by atoms with E-state index < -0.39 is 17.7 Å². The van der Waals surface area contributed by atoms with E-state index in [2.05, 4.69) is 20.7 Å². The topological polar surface area (TPSA) is 215 Å². The number of urea groups is 1. The van der Waals surface area contributed by atoms with Crippen molar-refractivity contribution >= 4 is 23.1 Å². The van der Waals surface area contributed by atoms with E-state index >= 15 is 0 Å². The number of ether oxygens (including phenoxy) is 1. The predicted molar refractivity (Wildman–Crippen MR) is 76.1 cm³/mol. The van der Waals surface area contributed by atoms with Crippen LogP contribution in [-0.2, 0) is 11.5 Å². The number of rotatable bonds is 5. The maximum atomic E-state index is 11.5. The van der Waals surface area contributed by atoms with Gasteiger partial charge in [0.2, 0.25) is 5.95 Å². The molecule has 2 heterocycles. The number of primary amides is 1. The van der Waals surface area contributed by atoms with E-state index in [-0.39, 0.29) is 37.1 Å². The first-order valence-electron chi connectivity index (χ1n) is 6.16. The summed E-state index contributed by atoms with van der Waals surface area (Å²) >= 11 is 0. The molecule has 0 radical (unpaired) electrons. The number of fused-ring (bicyclic) bond motifs is 1. The quantitative estimate of drug-likeness (QED) is 0.220. The zero-order valence-electron chi connectivity index (χ0n) is 11.8. The molecule has 0 atom stereocenters. The van der Waals surface area contributed by atoms with E-state index in [1.807, 2.05) is 0 Å². The number of nitrogens with two attached hydrogens (primary N) is 2. The van der Waals surface area contributed by atoms with Gasteiger partial charge in [0.15, 0.2) is 11.2 Å². The van der Waals surface area contributed by atoms with Gasteiger partial charge in [0, 0.05) is 0 Å². The van der Waals surface area contributed by atoms with Crippen molar-refractivity contribution in [1.82, 2.24) is 25.0 Å². The minimum absolute atomic E-state index is 0.00181. The number of nitrogens with zero attached hydrogens (tertiary/aromatic N) is 3. The van der Waals surface area contributed by atoms with Crippen LogP contribution in [0.1, 0.15) is 0 Å². The number of aromatic nitrogens is 4. The fraction of sp³-hybridized carbons (Fsp3) is 0.400. The summed E-state index contributed by atoms with van der Waals surface area (Å²) in [7, 11) is 0. The first kappa shape index (κ1) is 18.3. The second-order valence-corrected chi connectivity index (χ2v) is 4.10. The number of hydrogen-bond acceptors (Lipinski definition) is 9. The number of anilines is 1. The third-order valence-electron chi connectivity index (χ3n) is 2.46. The maximum absolute atomic E-state index is 11.5. The summed E-state index contributed by atoms with van der Waals surface area (Å²) in [5, 5.41) is 25.1. The molecule has 0 fully saturated rings. The minimum atomic E-state index is -0.940. The Balaban J connectivity index is 0.000000463. The van der Waals surface area contributed by atoms with Gasteiger partial charge in [0.25, 0.3) is 5.56 Å². The summed E-state index contributed by atoms with van der Waals surface area (Å²) in [6.45, 7) is -0.614. The Bertz CT molecular complexity index is 695. The van der Waals surface area contributed by atoms with Crippen molar-refractivity contribution in [3.05, 3.63) is 16.7 Å². The van der Waals surface area contributed by atoms with Gasteiger partial charge in [-0.15, -0.1) is 0 Å². The Kier molecular flexibility index (Phi) is 6.88. The molecule has 0 aromatic carbocycles. The highest BCUT2D eigenvalue weighted by atomic mass is 16.5. The van der Waals surface area contributed by atoms with Crippen LogP contribution in [0.2, 0.25) is 0 Å². The standard InChI is InChI=1S/C9H13N5O4.CH4N2O2/c10-9-12-7-6(8(17)13-9)11-3-14(7)4-18-5(1-15)2-16;2-1(4)3-5/h3,5,15-16H,1-2,4H2,(H3,10,12,13,17);5H,(H3,2,3,4). The van der Waals surface area contributed by atoms with Gasteiger partial charge < -0.3 is 26.4 Å². The number of aliphatic hydroxyl groups is 2. The van der Waals surface area contributed by atoms with Crippen LogP contribution in [0.3, 0.4) is 0 Å². The third-order valence-corrected chi connectivity index (χ3v) is 2.46. The number of aliphatic hydroxyl groups excluding tert-OH is 2. The normalized spacial score (nSPS) is 10.4. The first-order valence-corrected chi connectivity index (χ1v) is 6.16.